The second kappa shape index (κ2) is 8.49. The van der Waals surface area contributed by atoms with Crippen molar-refractivity contribution in [3.05, 3.63) is 29.8 Å². The van der Waals surface area contributed by atoms with Crippen LogP contribution < -0.4 is 9.46 Å². The monoisotopic (exact) mass is 319 g/mol. The molecule has 0 saturated heterocycles. The number of rotatable bonds is 9. The third kappa shape index (κ3) is 5.31. The topological polar surface area (TPSA) is 55.4 Å². The third-order valence-corrected chi connectivity index (χ3v) is 4.78. The zero-order chi connectivity index (χ0) is 15.0. The van der Waals surface area contributed by atoms with Gasteiger partial charge in [0.15, 0.2) is 0 Å². The lowest BCUT2D eigenvalue weighted by atomic mass is 10.0. The predicted molar refractivity (Wildman–Crippen MR) is 82.9 cm³/mol. The van der Waals surface area contributed by atoms with E-state index in [1.54, 1.807) is 7.11 Å². The first kappa shape index (κ1) is 17.3. The lowest BCUT2D eigenvalue weighted by Gasteiger charge is -2.19. The summed E-state index contributed by atoms with van der Waals surface area (Å²) in [4.78, 5) is 0. The predicted octanol–water partition coefficient (Wildman–Crippen LogP) is 3.08. The van der Waals surface area contributed by atoms with Crippen LogP contribution in [0.5, 0.6) is 5.75 Å². The fourth-order valence-corrected chi connectivity index (χ4v) is 3.60. The van der Waals surface area contributed by atoms with Crippen molar-refractivity contribution >= 4 is 21.6 Å². The Hall–Kier alpha value is -0.780. The number of para-hydroxylation sites is 1. The van der Waals surface area contributed by atoms with Gasteiger partial charge in [0.2, 0.25) is 10.0 Å². The minimum Gasteiger partial charge on any atom is -0.496 e. The molecule has 1 atom stereocenters. The maximum absolute atomic E-state index is 12.1. The highest BCUT2D eigenvalue weighted by Gasteiger charge is 2.20. The number of ether oxygens (including phenoxy) is 1. The Morgan fingerprint density at radius 2 is 2.00 bits per heavy atom. The maximum atomic E-state index is 12.1. The molecule has 114 valence electrons. The second-order valence-electron chi connectivity index (χ2n) is 4.54. The van der Waals surface area contributed by atoms with Gasteiger partial charge in [0, 0.05) is 11.4 Å². The first-order valence-electron chi connectivity index (χ1n) is 6.73. The van der Waals surface area contributed by atoms with E-state index in [0.717, 1.165) is 5.56 Å². The van der Waals surface area contributed by atoms with Crippen LogP contribution in [0.15, 0.2) is 24.3 Å². The molecule has 0 heterocycles. The highest BCUT2D eigenvalue weighted by molar-refractivity contribution is 7.89. The van der Waals surface area contributed by atoms with E-state index in [2.05, 4.69) is 4.72 Å². The molecule has 1 aromatic rings. The molecule has 0 aromatic heterocycles. The van der Waals surface area contributed by atoms with Crippen LogP contribution in [0.25, 0.3) is 0 Å². The molecular weight excluding hydrogens is 298 g/mol. The molecule has 0 aliphatic carbocycles. The molecule has 1 unspecified atom stereocenters. The van der Waals surface area contributed by atoms with E-state index in [4.69, 9.17) is 16.3 Å². The van der Waals surface area contributed by atoms with E-state index >= 15 is 0 Å². The molecule has 0 aliphatic heterocycles. The Morgan fingerprint density at radius 1 is 1.30 bits per heavy atom. The Labute approximate surface area is 126 Å². The number of sulfonamides is 1. The van der Waals surface area contributed by atoms with Crippen molar-refractivity contribution in [3.63, 3.8) is 0 Å². The van der Waals surface area contributed by atoms with Crippen LogP contribution in [0, 0.1) is 0 Å². The SMILES string of the molecule is CCC(NS(=O)(=O)CCCCCl)c1ccccc1OC. The minimum absolute atomic E-state index is 0.103. The van der Waals surface area contributed by atoms with Gasteiger partial charge in [-0.3, -0.25) is 0 Å². The summed E-state index contributed by atoms with van der Waals surface area (Å²) in [5, 5.41) is 0. The van der Waals surface area contributed by atoms with E-state index in [0.29, 0.717) is 30.9 Å². The lowest BCUT2D eigenvalue weighted by molar-refractivity contribution is 0.402. The highest BCUT2D eigenvalue weighted by atomic mass is 35.5. The summed E-state index contributed by atoms with van der Waals surface area (Å²) in [5.41, 5.74) is 0.860. The van der Waals surface area contributed by atoms with Gasteiger partial charge < -0.3 is 4.74 Å². The smallest absolute Gasteiger partial charge is 0.212 e. The van der Waals surface area contributed by atoms with E-state index in [1.807, 2.05) is 31.2 Å². The molecule has 1 N–H and O–H groups in total. The standard InChI is InChI=1S/C14H22ClNO3S/c1-3-13(12-8-4-5-9-14(12)19-2)16-20(17,18)11-7-6-10-15/h4-5,8-9,13,16H,3,6-7,10-11H2,1-2H3. The van der Waals surface area contributed by atoms with E-state index < -0.39 is 10.0 Å². The number of halogens is 1. The van der Waals surface area contributed by atoms with E-state index in [1.165, 1.54) is 0 Å². The van der Waals surface area contributed by atoms with Gasteiger partial charge in [-0.15, -0.1) is 11.6 Å². The van der Waals surface area contributed by atoms with E-state index in [-0.39, 0.29) is 11.8 Å². The van der Waals surface area contributed by atoms with Gasteiger partial charge in [-0.25, -0.2) is 13.1 Å². The maximum Gasteiger partial charge on any atom is 0.212 e. The lowest BCUT2D eigenvalue weighted by Crippen LogP contribution is -2.30. The molecule has 0 spiro atoms. The molecule has 0 fully saturated rings. The first-order chi connectivity index (χ1) is 9.54. The second-order valence-corrected chi connectivity index (χ2v) is 6.79. The average molecular weight is 320 g/mol. The summed E-state index contributed by atoms with van der Waals surface area (Å²) < 4.78 is 32.1. The van der Waals surface area contributed by atoms with Crippen molar-refractivity contribution in [2.24, 2.45) is 0 Å². The van der Waals surface area contributed by atoms with Gasteiger partial charge >= 0.3 is 0 Å². The van der Waals surface area contributed by atoms with Gasteiger partial charge in [0.05, 0.1) is 18.9 Å². The van der Waals surface area contributed by atoms with E-state index in [9.17, 15) is 8.42 Å². The third-order valence-electron chi connectivity index (χ3n) is 3.04. The summed E-state index contributed by atoms with van der Waals surface area (Å²) in [6.45, 7) is 1.94. The molecule has 1 aromatic carbocycles. The van der Waals surface area contributed by atoms with Crippen molar-refractivity contribution in [2.45, 2.75) is 32.2 Å². The summed E-state index contributed by atoms with van der Waals surface area (Å²) in [7, 11) is -1.72. The summed E-state index contributed by atoms with van der Waals surface area (Å²) in [5.74, 6) is 1.28. The van der Waals surface area contributed by atoms with Gasteiger partial charge in [0.1, 0.15) is 5.75 Å². The van der Waals surface area contributed by atoms with Gasteiger partial charge in [0.25, 0.3) is 0 Å². The summed E-state index contributed by atoms with van der Waals surface area (Å²) >= 11 is 5.57. The quantitative estimate of drug-likeness (QED) is 0.562. The molecule has 0 radical (unpaired) electrons. The minimum atomic E-state index is -3.30. The molecule has 0 aliphatic rings. The fraction of sp³-hybridized carbons (Fsp3) is 0.571. The van der Waals surface area contributed by atoms with Crippen LogP contribution in [0.4, 0.5) is 0 Å². The molecule has 20 heavy (non-hydrogen) atoms. The summed E-state index contributed by atoms with van der Waals surface area (Å²) in [6.07, 6.45) is 1.93. The van der Waals surface area contributed by atoms with Crippen molar-refractivity contribution < 1.29 is 13.2 Å². The van der Waals surface area contributed by atoms with Crippen molar-refractivity contribution in [3.8, 4) is 5.75 Å². The summed E-state index contributed by atoms with van der Waals surface area (Å²) in [6, 6.07) is 7.19. The molecule has 4 nitrogen and oxygen atoms in total. The van der Waals surface area contributed by atoms with Gasteiger partial charge in [-0.1, -0.05) is 25.1 Å². The molecule has 0 bridgehead atoms. The fourth-order valence-electron chi connectivity index (χ4n) is 1.98. The van der Waals surface area contributed by atoms with Crippen LogP contribution in [-0.4, -0.2) is 27.2 Å². The van der Waals surface area contributed by atoms with Crippen molar-refractivity contribution in [1.82, 2.24) is 4.72 Å². The molecule has 0 amide bonds. The van der Waals surface area contributed by atoms with Crippen molar-refractivity contribution in [1.29, 1.82) is 0 Å². The zero-order valence-electron chi connectivity index (χ0n) is 11.9. The van der Waals surface area contributed by atoms with Crippen LogP contribution in [0.3, 0.4) is 0 Å². The number of hydrogen-bond acceptors (Lipinski definition) is 3. The van der Waals surface area contributed by atoms with Crippen LogP contribution in [-0.2, 0) is 10.0 Å². The molecular formula is C14H22ClNO3S. The Kier molecular flexibility index (Phi) is 7.34. The van der Waals surface area contributed by atoms with Crippen molar-refractivity contribution in [2.75, 3.05) is 18.7 Å². The average Bonchev–Trinajstić information content (AvgIpc) is 2.45. The van der Waals surface area contributed by atoms with Crippen LogP contribution in [0.2, 0.25) is 0 Å². The Morgan fingerprint density at radius 3 is 2.60 bits per heavy atom. The number of alkyl halides is 1. The highest BCUT2D eigenvalue weighted by Crippen LogP contribution is 2.27. The number of methoxy groups -OCH3 is 1. The van der Waals surface area contributed by atoms with Crippen LogP contribution in [0.1, 0.15) is 37.8 Å². The molecule has 6 heteroatoms. The van der Waals surface area contributed by atoms with Gasteiger partial charge in [-0.05, 0) is 25.3 Å². The zero-order valence-corrected chi connectivity index (χ0v) is 13.5. The largest absolute Gasteiger partial charge is 0.496 e. The first-order valence-corrected chi connectivity index (χ1v) is 8.91. The van der Waals surface area contributed by atoms with Gasteiger partial charge in [-0.2, -0.15) is 0 Å². The number of hydrogen-bond donors (Lipinski definition) is 1. The number of nitrogens with one attached hydrogen (secondary N) is 1. The Bertz CT molecular complexity index is 505. The number of unbranched alkanes of at least 4 members (excludes halogenated alkanes) is 1. The normalized spacial score (nSPS) is 13.2. The molecule has 1 rings (SSSR count). The Balaban J connectivity index is 2.81. The van der Waals surface area contributed by atoms with Crippen LogP contribution >= 0.6 is 11.6 Å². The molecule has 0 saturated carbocycles. The number of benzene rings is 1.